The minimum atomic E-state index is -0.382. The van der Waals surface area contributed by atoms with Crippen molar-refractivity contribution < 1.29 is 26.2 Å². The van der Waals surface area contributed by atoms with Gasteiger partial charge in [-0.1, -0.05) is 145 Å². The van der Waals surface area contributed by atoms with Crippen molar-refractivity contribution in [1.29, 1.82) is 0 Å². The van der Waals surface area contributed by atoms with Crippen LogP contribution in [0.15, 0.2) is 128 Å². The van der Waals surface area contributed by atoms with Gasteiger partial charge in [0.25, 0.3) is 0 Å². The van der Waals surface area contributed by atoms with Crippen LogP contribution in [0.2, 0.25) is 0 Å². The zero-order chi connectivity index (χ0) is 36.1. The first-order valence-electron chi connectivity index (χ1n) is 17.7. The molecule has 0 aliphatic heterocycles. The van der Waals surface area contributed by atoms with E-state index in [9.17, 15) is 5.11 Å². The second-order valence-electron chi connectivity index (χ2n) is 16.1. The van der Waals surface area contributed by atoms with Gasteiger partial charge in [0.2, 0.25) is 0 Å². The molecule has 1 N–H and O–H groups in total. The summed E-state index contributed by atoms with van der Waals surface area (Å²) in [5.41, 5.74) is 10.8. The van der Waals surface area contributed by atoms with Crippen LogP contribution in [-0.2, 0) is 37.3 Å². The van der Waals surface area contributed by atoms with Gasteiger partial charge in [0.05, 0.1) is 16.6 Å². The van der Waals surface area contributed by atoms with Crippen molar-refractivity contribution in [2.24, 2.45) is 0 Å². The van der Waals surface area contributed by atoms with Crippen LogP contribution in [0.25, 0.3) is 50.5 Å². The maximum atomic E-state index is 12.3. The number of nitrogens with zero attached hydrogens (tertiary/aromatic N) is 3. The molecule has 2 aromatic heterocycles. The van der Waals surface area contributed by atoms with Crippen molar-refractivity contribution in [2.75, 3.05) is 0 Å². The summed E-state index contributed by atoms with van der Waals surface area (Å²) in [4.78, 5) is 10.2. The number of aromatic hydroxyl groups is 1. The maximum Gasteiger partial charge on any atom is 0.148 e. The van der Waals surface area contributed by atoms with Crippen molar-refractivity contribution in [2.45, 2.75) is 71.6 Å². The van der Waals surface area contributed by atoms with E-state index in [-0.39, 0.29) is 43.1 Å². The molecule has 7 aromatic rings. The molecule has 0 spiro atoms. The summed E-state index contributed by atoms with van der Waals surface area (Å²) in [6, 6.07) is 45.6. The molecule has 0 radical (unpaired) electrons. The summed E-state index contributed by atoms with van der Waals surface area (Å²) in [5, 5.41) is 12.3. The van der Waals surface area contributed by atoms with E-state index in [2.05, 4.69) is 162 Å². The number of phenolic OH excluding ortho intramolecular Hbond substituents is 1. The molecule has 5 aromatic carbocycles. The molecule has 5 heteroatoms. The summed E-state index contributed by atoms with van der Waals surface area (Å²) >= 11 is 0. The predicted molar refractivity (Wildman–Crippen MR) is 212 cm³/mol. The first-order valence-corrected chi connectivity index (χ1v) is 17.7. The number of rotatable bonds is 6. The molecule has 0 bridgehead atoms. The molecule has 0 fully saturated rings. The van der Waals surface area contributed by atoms with E-state index in [0.717, 1.165) is 55.8 Å². The van der Waals surface area contributed by atoms with Crippen molar-refractivity contribution in [3.05, 3.63) is 156 Å². The molecule has 0 aliphatic rings. The number of imidazole rings is 1. The van der Waals surface area contributed by atoms with E-state index in [1.165, 1.54) is 5.56 Å². The van der Waals surface area contributed by atoms with Gasteiger partial charge in [-0.15, -0.1) is 29.8 Å². The number of para-hydroxylation sites is 1. The normalized spacial score (nSPS) is 12.2. The number of fused-ring (bicyclic) bond motifs is 1. The van der Waals surface area contributed by atoms with Crippen LogP contribution in [-0.4, -0.2) is 19.6 Å². The van der Waals surface area contributed by atoms with Gasteiger partial charge in [0, 0.05) is 49.6 Å². The fourth-order valence-electron chi connectivity index (χ4n) is 7.03. The average Bonchev–Trinajstić information content (AvgIpc) is 3.52. The van der Waals surface area contributed by atoms with Crippen LogP contribution in [0, 0.1) is 6.07 Å². The van der Waals surface area contributed by atoms with E-state index >= 15 is 0 Å². The zero-order valence-electron chi connectivity index (χ0n) is 31.2. The van der Waals surface area contributed by atoms with Crippen LogP contribution in [0.5, 0.6) is 5.75 Å². The fraction of sp³-hybridized carbons (Fsp3) is 0.234. The van der Waals surface area contributed by atoms with Crippen molar-refractivity contribution in [3.8, 4) is 45.2 Å². The molecule has 0 saturated carbocycles. The monoisotopic (exact) mass is 863 g/mol. The Balaban J connectivity index is 0.00000464. The Bertz CT molecular complexity index is 2350. The van der Waals surface area contributed by atoms with Crippen LogP contribution in [0.3, 0.4) is 0 Å². The topological polar surface area (TPSA) is 50.9 Å². The zero-order valence-corrected chi connectivity index (χ0v) is 33.5. The predicted octanol–water partition coefficient (Wildman–Crippen LogP) is 11.8. The third-order valence-electron chi connectivity index (χ3n) is 10.0. The number of pyridine rings is 1. The molecule has 7 rings (SSSR count). The molecular formula is C47H46N3OPt-. The Hall–Kier alpha value is -4.79. The van der Waals surface area contributed by atoms with Gasteiger partial charge in [0.15, 0.2) is 0 Å². The van der Waals surface area contributed by atoms with Crippen LogP contribution in [0.1, 0.15) is 77.6 Å². The third-order valence-corrected chi connectivity index (χ3v) is 10.0. The number of phenols is 1. The van der Waals surface area contributed by atoms with Gasteiger partial charge in [-0.05, 0) is 51.8 Å². The Morgan fingerprint density at radius 2 is 1.25 bits per heavy atom. The Labute approximate surface area is 322 Å². The van der Waals surface area contributed by atoms with Gasteiger partial charge in [-0.3, -0.25) is 9.55 Å². The number of hydrogen-bond donors (Lipinski definition) is 1. The SMILES string of the molecule is CC(C)(C)c1cc(-c2nc3c(-c4[c-]c(-c5ccccn5)ccc4)ccc(C(C)(C)c4ccccc4)c3n2-c2ccccc2)c(O)c(C(C)(C)C)c1.[Pt]. The first-order chi connectivity index (χ1) is 24.2. The van der Waals surface area contributed by atoms with E-state index in [4.69, 9.17) is 4.98 Å². The van der Waals surface area contributed by atoms with Gasteiger partial charge >= 0.3 is 0 Å². The number of aromatic nitrogens is 3. The van der Waals surface area contributed by atoms with Crippen LogP contribution in [0.4, 0.5) is 0 Å². The van der Waals surface area contributed by atoms with E-state index in [1.807, 2.05) is 36.5 Å². The van der Waals surface area contributed by atoms with Gasteiger partial charge in [-0.2, -0.15) is 0 Å². The Morgan fingerprint density at radius 1 is 0.596 bits per heavy atom. The van der Waals surface area contributed by atoms with Crippen LogP contribution < -0.4 is 0 Å². The third kappa shape index (κ3) is 6.77. The molecule has 2 heterocycles. The molecule has 0 amide bonds. The van der Waals surface area contributed by atoms with Crippen molar-refractivity contribution >= 4 is 11.0 Å². The molecule has 52 heavy (non-hydrogen) atoms. The Morgan fingerprint density at radius 3 is 1.88 bits per heavy atom. The van der Waals surface area contributed by atoms with E-state index in [0.29, 0.717) is 11.4 Å². The summed E-state index contributed by atoms with van der Waals surface area (Å²) < 4.78 is 2.26. The maximum absolute atomic E-state index is 12.3. The smallest absolute Gasteiger partial charge is 0.148 e. The second-order valence-corrected chi connectivity index (χ2v) is 16.1. The molecule has 4 nitrogen and oxygen atoms in total. The summed E-state index contributed by atoms with van der Waals surface area (Å²) in [6.07, 6.45) is 1.81. The molecule has 266 valence electrons. The quantitative estimate of drug-likeness (QED) is 0.169. The molecule has 0 unspecified atom stereocenters. The minimum Gasteiger partial charge on any atom is -0.507 e. The van der Waals surface area contributed by atoms with Crippen molar-refractivity contribution in [3.63, 3.8) is 0 Å². The summed E-state index contributed by atoms with van der Waals surface area (Å²) in [5.74, 6) is 0.959. The standard InChI is InChI=1S/C47H46N3O.Pt/c1-45(2,3)34-29-37(43(51)39(30-34)46(4,5)6)44-49-41-36(31-18-17-19-32(28-31)40-24-15-16-27-48-40)25-26-38(47(7,8)33-20-11-9-12-21-33)42(41)50(44)35-22-13-10-14-23-35;/h9-27,29-30,51H,1-8H3;/q-1;. The molecule has 0 atom stereocenters. The average molecular weight is 864 g/mol. The Kier molecular flexibility index (Phi) is 9.94. The molecular weight excluding hydrogens is 818 g/mol. The second kappa shape index (κ2) is 14.0. The number of benzene rings is 5. The van der Waals surface area contributed by atoms with Gasteiger partial charge < -0.3 is 5.11 Å². The van der Waals surface area contributed by atoms with Crippen LogP contribution >= 0.6 is 0 Å². The summed E-state index contributed by atoms with van der Waals surface area (Å²) in [6.45, 7) is 17.7. The van der Waals surface area contributed by atoms with E-state index < -0.39 is 0 Å². The largest absolute Gasteiger partial charge is 0.507 e. The first kappa shape index (κ1) is 37.0. The minimum absolute atomic E-state index is 0. The molecule has 0 aliphatic carbocycles. The van der Waals surface area contributed by atoms with Gasteiger partial charge in [-0.25, -0.2) is 4.98 Å². The van der Waals surface area contributed by atoms with Gasteiger partial charge in [0.1, 0.15) is 11.6 Å². The summed E-state index contributed by atoms with van der Waals surface area (Å²) in [7, 11) is 0. The van der Waals surface area contributed by atoms with E-state index in [1.54, 1.807) is 0 Å². The fourth-order valence-corrected chi connectivity index (χ4v) is 7.03. The number of hydrogen-bond acceptors (Lipinski definition) is 3. The van der Waals surface area contributed by atoms with Crippen molar-refractivity contribution in [1.82, 2.24) is 14.5 Å². The molecule has 0 saturated heterocycles.